The maximum absolute atomic E-state index is 12.2. The summed E-state index contributed by atoms with van der Waals surface area (Å²) < 4.78 is 0. The first kappa shape index (κ1) is 16.6. The number of nitrogens with two attached hydrogens (primary N) is 1. The van der Waals surface area contributed by atoms with E-state index in [-0.39, 0.29) is 22.8 Å². The highest BCUT2D eigenvalue weighted by molar-refractivity contribution is 6.33. The van der Waals surface area contributed by atoms with Crippen LogP contribution >= 0.6 is 11.6 Å². The summed E-state index contributed by atoms with van der Waals surface area (Å²) in [4.78, 5) is 23.5. The molecule has 0 bridgehead atoms. The van der Waals surface area contributed by atoms with Gasteiger partial charge in [-0.15, -0.1) is 0 Å². The molecule has 0 aliphatic rings. The predicted molar refractivity (Wildman–Crippen MR) is 86.6 cm³/mol. The minimum Gasteiger partial charge on any atom is -0.508 e. The molecule has 0 aliphatic heterocycles. The molecule has 2 aromatic rings. The minimum atomic E-state index is -1.16. The highest BCUT2D eigenvalue weighted by Gasteiger charge is 2.21. The van der Waals surface area contributed by atoms with Crippen LogP contribution < -0.4 is 11.1 Å². The van der Waals surface area contributed by atoms with Crippen LogP contribution in [0, 0.1) is 0 Å². The van der Waals surface area contributed by atoms with E-state index in [0.29, 0.717) is 11.3 Å². The largest absolute Gasteiger partial charge is 0.508 e. The number of hydrogen-bond donors (Lipinski definition) is 4. The molecule has 0 spiro atoms. The second-order valence-corrected chi connectivity index (χ2v) is 5.38. The number of benzene rings is 2. The number of rotatable bonds is 5. The average Bonchev–Trinajstić information content (AvgIpc) is 2.51. The number of carbonyl (C=O) groups excluding carboxylic acids is 1. The Kier molecular flexibility index (Phi) is 5.08. The number of amides is 1. The Hall–Kier alpha value is -2.73. The summed E-state index contributed by atoms with van der Waals surface area (Å²) in [5.74, 6) is -1.63. The first-order valence-corrected chi connectivity index (χ1v) is 7.11. The van der Waals surface area contributed by atoms with E-state index in [2.05, 4.69) is 5.32 Å². The fraction of sp³-hybridized carbons (Fsp3) is 0.125. The van der Waals surface area contributed by atoms with Crippen LogP contribution in [0.5, 0.6) is 5.75 Å². The molecular formula is C16H15ClN2O4. The zero-order valence-corrected chi connectivity index (χ0v) is 12.7. The van der Waals surface area contributed by atoms with Gasteiger partial charge in [0.1, 0.15) is 11.8 Å². The van der Waals surface area contributed by atoms with E-state index in [1.54, 1.807) is 12.1 Å². The topological polar surface area (TPSA) is 113 Å². The Morgan fingerprint density at radius 2 is 1.83 bits per heavy atom. The number of phenolic OH excluding ortho intramolecular Hbond substituents is 1. The first-order chi connectivity index (χ1) is 10.9. The van der Waals surface area contributed by atoms with E-state index >= 15 is 0 Å². The minimum absolute atomic E-state index is 0.0844. The average molecular weight is 335 g/mol. The zero-order chi connectivity index (χ0) is 17.0. The van der Waals surface area contributed by atoms with Crippen molar-refractivity contribution in [2.75, 3.05) is 5.73 Å². The molecule has 0 unspecified atom stereocenters. The third-order valence-electron chi connectivity index (χ3n) is 3.24. The standard InChI is InChI=1S/C16H15ClN2O4/c17-12-8-10(3-6-13(12)18)15(21)19-14(16(22)23)7-9-1-4-11(20)5-2-9/h1-6,8,14,20H,7,18H2,(H,19,21)(H,22,23)/t14-/m0/s1. The molecule has 0 aliphatic carbocycles. The van der Waals surface area contributed by atoms with Gasteiger partial charge in [-0.1, -0.05) is 23.7 Å². The summed E-state index contributed by atoms with van der Waals surface area (Å²) in [6.07, 6.45) is 0.0874. The quantitative estimate of drug-likeness (QED) is 0.625. The summed E-state index contributed by atoms with van der Waals surface area (Å²) in [5, 5.41) is 21.2. The van der Waals surface area contributed by atoms with Gasteiger partial charge in [0.2, 0.25) is 0 Å². The van der Waals surface area contributed by atoms with Gasteiger partial charge in [-0.3, -0.25) is 4.79 Å². The number of carboxylic acids is 1. The lowest BCUT2D eigenvalue weighted by atomic mass is 10.1. The number of hydrogen-bond acceptors (Lipinski definition) is 4. The van der Waals surface area contributed by atoms with Gasteiger partial charge in [0, 0.05) is 12.0 Å². The third kappa shape index (κ3) is 4.37. The summed E-state index contributed by atoms with van der Waals surface area (Å²) in [7, 11) is 0. The van der Waals surface area contributed by atoms with Crippen LogP contribution in [-0.2, 0) is 11.2 Å². The Morgan fingerprint density at radius 1 is 1.17 bits per heavy atom. The number of halogens is 1. The highest BCUT2D eigenvalue weighted by atomic mass is 35.5. The Bertz CT molecular complexity index is 731. The number of nitrogens with one attached hydrogen (secondary N) is 1. The van der Waals surface area contributed by atoms with E-state index in [0.717, 1.165) is 0 Å². The van der Waals surface area contributed by atoms with Crippen molar-refractivity contribution in [3.63, 3.8) is 0 Å². The van der Waals surface area contributed by atoms with Gasteiger partial charge < -0.3 is 21.3 Å². The summed E-state index contributed by atoms with van der Waals surface area (Å²) in [6.45, 7) is 0. The van der Waals surface area contributed by atoms with E-state index in [1.165, 1.54) is 30.3 Å². The Balaban J connectivity index is 2.12. The first-order valence-electron chi connectivity index (χ1n) is 6.73. The maximum Gasteiger partial charge on any atom is 0.326 e. The molecule has 6 nitrogen and oxygen atoms in total. The Labute approximate surface area is 137 Å². The van der Waals surface area contributed by atoms with Gasteiger partial charge in [0.25, 0.3) is 5.91 Å². The van der Waals surface area contributed by atoms with Gasteiger partial charge in [0.15, 0.2) is 0 Å². The van der Waals surface area contributed by atoms with Crippen LogP contribution in [0.15, 0.2) is 42.5 Å². The smallest absolute Gasteiger partial charge is 0.326 e. The number of carboxylic acid groups (broad SMARTS) is 1. The highest BCUT2D eigenvalue weighted by Crippen LogP contribution is 2.19. The molecule has 0 aromatic heterocycles. The normalized spacial score (nSPS) is 11.7. The lowest BCUT2D eigenvalue weighted by Gasteiger charge is -2.15. The van der Waals surface area contributed by atoms with Crippen LogP contribution in [0.25, 0.3) is 0 Å². The molecule has 0 radical (unpaired) electrons. The van der Waals surface area contributed by atoms with Crippen molar-refractivity contribution in [1.82, 2.24) is 5.32 Å². The number of carbonyl (C=O) groups is 2. The molecule has 0 saturated carbocycles. The molecule has 7 heteroatoms. The second kappa shape index (κ2) is 7.02. The van der Waals surface area contributed by atoms with Gasteiger partial charge in [0.05, 0.1) is 10.7 Å². The SMILES string of the molecule is Nc1ccc(C(=O)N[C@@H](Cc2ccc(O)cc2)C(=O)O)cc1Cl. The van der Waals surface area contributed by atoms with E-state index in [4.69, 9.17) is 17.3 Å². The molecule has 23 heavy (non-hydrogen) atoms. The van der Waals surface area contributed by atoms with E-state index < -0.39 is 17.9 Å². The van der Waals surface area contributed by atoms with Gasteiger partial charge in [-0.25, -0.2) is 4.79 Å². The fourth-order valence-corrected chi connectivity index (χ4v) is 2.16. The van der Waals surface area contributed by atoms with Crippen LogP contribution in [0.2, 0.25) is 5.02 Å². The fourth-order valence-electron chi connectivity index (χ4n) is 1.98. The van der Waals surface area contributed by atoms with Crippen molar-refractivity contribution in [3.05, 3.63) is 58.6 Å². The van der Waals surface area contributed by atoms with Crippen LogP contribution in [-0.4, -0.2) is 28.1 Å². The molecule has 1 amide bonds. The molecule has 5 N–H and O–H groups in total. The van der Waals surface area contributed by atoms with Crippen LogP contribution in [0.3, 0.4) is 0 Å². The molecule has 0 heterocycles. The number of aromatic hydroxyl groups is 1. The van der Waals surface area contributed by atoms with Crippen molar-refractivity contribution in [3.8, 4) is 5.75 Å². The van der Waals surface area contributed by atoms with Crippen molar-refractivity contribution < 1.29 is 19.8 Å². The predicted octanol–water partition coefficient (Wildman–Crippen LogP) is 2.05. The van der Waals surface area contributed by atoms with E-state index in [9.17, 15) is 19.8 Å². The molecule has 0 saturated heterocycles. The van der Waals surface area contributed by atoms with Crippen LogP contribution in [0.1, 0.15) is 15.9 Å². The summed E-state index contributed by atoms with van der Waals surface area (Å²) >= 11 is 5.86. The number of aliphatic carboxylic acids is 1. The lowest BCUT2D eigenvalue weighted by molar-refractivity contribution is -0.139. The number of phenols is 1. The summed E-state index contributed by atoms with van der Waals surface area (Å²) in [6, 6.07) is 9.32. The second-order valence-electron chi connectivity index (χ2n) is 4.97. The van der Waals surface area contributed by atoms with Crippen molar-refractivity contribution >= 4 is 29.2 Å². The van der Waals surface area contributed by atoms with Crippen molar-refractivity contribution in [2.24, 2.45) is 0 Å². The molecule has 2 rings (SSSR count). The Morgan fingerprint density at radius 3 is 2.39 bits per heavy atom. The van der Waals surface area contributed by atoms with E-state index in [1.807, 2.05) is 0 Å². The number of anilines is 1. The molecule has 120 valence electrons. The molecule has 1 atom stereocenters. The van der Waals surface area contributed by atoms with Crippen molar-refractivity contribution in [2.45, 2.75) is 12.5 Å². The van der Waals surface area contributed by atoms with Gasteiger partial charge in [-0.05, 0) is 35.9 Å². The molecule has 0 fully saturated rings. The lowest BCUT2D eigenvalue weighted by Crippen LogP contribution is -2.42. The maximum atomic E-state index is 12.2. The zero-order valence-electron chi connectivity index (χ0n) is 12.0. The van der Waals surface area contributed by atoms with Gasteiger partial charge >= 0.3 is 5.97 Å². The number of nitrogen functional groups attached to an aromatic ring is 1. The van der Waals surface area contributed by atoms with Gasteiger partial charge in [-0.2, -0.15) is 0 Å². The monoisotopic (exact) mass is 334 g/mol. The summed E-state index contributed by atoms with van der Waals surface area (Å²) in [5.41, 5.74) is 6.81. The van der Waals surface area contributed by atoms with Crippen molar-refractivity contribution in [1.29, 1.82) is 0 Å². The van der Waals surface area contributed by atoms with Crippen LogP contribution in [0.4, 0.5) is 5.69 Å². The molecular weight excluding hydrogens is 320 g/mol. The molecule has 2 aromatic carbocycles. The third-order valence-corrected chi connectivity index (χ3v) is 3.57.